The summed E-state index contributed by atoms with van der Waals surface area (Å²) >= 11 is 0. The highest BCUT2D eigenvalue weighted by atomic mass is 16.1. The second-order valence-electron chi connectivity index (χ2n) is 3.55. The molecule has 0 radical (unpaired) electrons. The molecule has 1 heterocycles. The Balaban J connectivity index is 2.30. The number of carbonyl (C=O) groups is 1. The van der Waals surface area contributed by atoms with Crippen LogP contribution in [0.3, 0.4) is 0 Å². The first kappa shape index (κ1) is 11.6. The molecule has 1 aromatic rings. The minimum Gasteiger partial charge on any atom is -0.350 e. The molecule has 1 amide bonds. The van der Waals surface area contributed by atoms with Crippen molar-refractivity contribution >= 4 is 5.91 Å². The van der Waals surface area contributed by atoms with E-state index in [4.69, 9.17) is 0 Å². The summed E-state index contributed by atoms with van der Waals surface area (Å²) in [6, 6.07) is 3.77. The fourth-order valence-corrected chi connectivity index (χ4v) is 1.14. The summed E-state index contributed by atoms with van der Waals surface area (Å²) in [5, 5.41) is 10.7. The van der Waals surface area contributed by atoms with Crippen molar-refractivity contribution in [3.8, 4) is 0 Å². The van der Waals surface area contributed by atoms with E-state index < -0.39 is 0 Å². The van der Waals surface area contributed by atoms with E-state index in [0.29, 0.717) is 13.0 Å². The van der Waals surface area contributed by atoms with E-state index in [1.807, 2.05) is 19.1 Å². The molecule has 0 fully saturated rings. The van der Waals surface area contributed by atoms with Crippen molar-refractivity contribution in [1.29, 1.82) is 0 Å². The van der Waals surface area contributed by atoms with Crippen LogP contribution in [0.5, 0.6) is 0 Å². The van der Waals surface area contributed by atoms with Crippen LogP contribution in [-0.4, -0.2) is 16.1 Å². The molecule has 0 aliphatic carbocycles. The van der Waals surface area contributed by atoms with Gasteiger partial charge in [-0.2, -0.15) is 10.2 Å². The first-order valence-electron chi connectivity index (χ1n) is 5.28. The number of aryl methyl sites for hydroxylation is 1. The van der Waals surface area contributed by atoms with E-state index in [-0.39, 0.29) is 5.91 Å². The van der Waals surface area contributed by atoms with Crippen LogP contribution in [0.4, 0.5) is 0 Å². The summed E-state index contributed by atoms with van der Waals surface area (Å²) in [5.41, 5.74) is 1.68. The quantitative estimate of drug-likeness (QED) is 0.797. The Hall–Kier alpha value is -1.45. The average molecular weight is 207 g/mol. The number of hydrogen-bond donors (Lipinski definition) is 1. The van der Waals surface area contributed by atoms with Gasteiger partial charge in [0, 0.05) is 6.42 Å². The van der Waals surface area contributed by atoms with E-state index >= 15 is 0 Å². The van der Waals surface area contributed by atoms with E-state index in [1.54, 1.807) is 0 Å². The van der Waals surface area contributed by atoms with E-state index in [9.17, 15) is 4.79 Å². The topological polar surface area (TPSA) is 54.9 Å². The van der Waals surface area contributed by atoms with Crippen molar-refractivity contribution in [2.45, 2.75) is 39.7 Å². The van der Waals surface area contributed by atoms with Gasteiger partial charge in [0.25, 0.3) is 0 Å². The Labute approximate surface area is 90.1 Å². The molecule has 0 saturated carbocycles. The van der Waals surface area contributed by atoms with Gasteiger partial charge in [0.1, 0.15) is 0 Å². The molecule has 0 unspecified atom stereocenters. The highest BCUT2D eigenvalue weighted by molar-refractivity contribution is 5.75. The first-order chi connectivity index (χ1) is 7.22. The van der Waals surface area contributed by atoms with Crippen LogP contribution < -0.4 is 5.32 Å². The van der Waals surface area contributed by atoms with Crippen LogP contribution in [0.1, 0.15) is 37.6 Å². The molecule has 1 N–H and O–H groups in total. The average Bonchev–Trinajstić information content (AvgIpc) is 2.25. The van der Waals surface area contributed by atoms with Gasteiger partial charge in [-0.25, -0.2) is 0 Å². The monoisotopic (exact) mass is 207 g/mol. The standard InChI is InChI=1S/C11H17N3O/c1-3-4-5-11(15)12-8-10-7-6-9(2)13-14-10/h6-7H,3-5,8H2,1-2H3,(H,12,15). The predicted octanol–water partition coefficient (Wildman–Crippen LogP) is 1.59. The molecule has 1 aromatic heterocycles. The molecular formula is C11H17N3O. The zero-order valence-electron chi connectivity index (χ0n) is 9.29. The van der Waals surface area contributed by atoms with Crippen molar-refractivity contribution in [2.24, 2.45) is 0 Å². The number of amides is 1. The Kier molecular flexibility index (Phi) is 4.74. The van der Waals surface area contributed by atoms with Crippen molar-refractivity contribution in [2.75, 3.05) is 0 Å². The largest absolute Gasteiger partial charge is 0.350 e. The second-order valence-corrected chi connectivity index (χ2v) is 3.55. The van der Waals surface area contributed by atoms with Gasteiger partial charge in [-0.3, -0.25) is 4.79 Å². The smallest absolute Gasteiger partial charge is 0.220 e. The Morgan fingerprint density at radius 3 is 2.80 bits per heavy atom. The van der Waals surface area contributed by atoms with Gasteiger partial charge >= 0.3 is 0 Å². The van der Waals surface area contributed by atoms with Gasteiger partial charge in [0.2, 0.25) is 5.91 Å². The van der Waals surface area contributed by atoms with Crippen LogP contribution in [0.15, 0.2) is 12.1 Å². The molecule has 0 bridgehead atoms. The molecule has 82 valence electrons. The van der Waals surface area contributed by atoms with Crippen molar-refractivity contribution in [3.05, 3.63) is 23.5 Å². The van der Waals surface area contributed by atoms with E-state index in [0.717, 1.165) is 24.2 Å². The van der Waals surface area contributed by atoms with Gasteiger partial charge in [-0.1, -0.05) is 13.3 Å². The van der Waals surface area contributed by atoms with Gasteiger partial charge in [-0.15, -0.1) is 0 Å². The third-order valence-electron chi connectivity index (χ3n) is 2.08. The molecule has 0 atom stereocenters. The molecule has 1 rings (SSSR count). The van der Waals surface area contributed by atoms with Gasteiger partial charge in [0.05, 0.1) is 17.9 Å². The number of nitrogens with zero attached hydrogens (tertiary/aromatic N) is 2. The number of aromatic nitrogens is 2. The third-order valence-corrected chi connectivity index (χ3v) is 2.08. The number of unbranched alkanes of at least 4 members (excludes halogenated alkanes) is 1. The minimum absolute atomic E-state index is 0.0826. The molecule has 0 aromatic carbocycles. The lowest BCUT2D eigenvalue weighted by atomic mass is 10.2. The maximum absolute atomic E-state index is 11.3. The van der Waals surface area contributed by atoms with Crippen molar-refractivity contribution in [3.63, 3.8) is 0 Å². The molecule has 0 spiro atoms. The second kappa shape index (κ2) is 6.11. The minimum atomic E-state index is 0.0826. The highest BCUT2D eigenvalue weighted by Crippen LogP contribution is 1.96. The molecule has 0 saturated heterocycles. The molecule has 4 heteroatoms. The summed E-state index contributed by atoms with van der Waals surface area (Å²) in [5.74, 6) is 0.0826. The lowest BCUT2D eigenvalue weighted by Crippen LogP contribution is -2.23. The fraction of sp³-hybridized carbons (Fsp3) is 0.545. The van der Waals surface area contributed by atoms with Crippen molar-refractivity contribution < 1.29 is 4.79 Å². The van der Waals surface area contributed by atoms with E-state index in [1.165, 1.54) is 0 Å². The third kappa shape index (κ3) is 4.54. The maximum atomic E-state index is 11.3. The molecule has 0 aliphatic heterocycles. The van der Waals surface area contributed by atoms with Crippen LogP contribution in [0.2, 0.25) is 0 Å². The Morgan fingerprint density at radius 2 is 2.20 bits per heavy atom. The summed E-state index contributed by atoms with van der Waals surface area (Å²) in [7, 11) is 0. The normalized spacial score (nSPS) is 10.0. The summed E-state index contributed by atoms with van der Waals surface area (Å²) in [6.45, 7) is 4.42. The fourth-order valence-electron chi connectivity index (χ4n) is 1.14. The lowest BCUT2D eigenvalue weighted by Gasteiger charge is -2.03. The van der Waals surface area contributed by atoms with Crippen LogP contribution in [0, 0.1) is 6.92 Å². The first-order valence-corrected chi connectivity index (χ1v) is 5.28. The SMILES string of the molecule is CCCCC(=O)NCc1ccc(C)nn1. The zero-order chi connectivity index (χ0) is 11.1. The predicted molar refractivity (Wildman–Crippen MR) is 58.1 cm³/mol. The van der Waals surface area contributed by atoms with E-state index in [2.05, 4.69) is 22.4 Å². The van der Waals surface area contributed by atoms with Gasteiger partial charge in [-0.05, 0) is 25.5 Å². The number of nitrogens with one attached hydrogen (secondary N) is 1. The number of rotatable bonds is 5. The molecule has 4 nitrogen and oxygen atoms in total. The van der Waals surface area contributed by atoms with Crippen LogP contribution in [0.25, 0.3) is 0 Å². The van der Waals surface area contributed by atoms with Crippen molar-refractivity contribution in [1.82, 2.24) is 15.5 Å². The van der Waals surface area contributed by atoms with Crippen LogP contribution >= 0.6 is 0 Å². The number of hydrogen-bond acceptors (Lipinski definition) is 3. The Morgan fingerprint density at radius 1 is 1.40 bits per heavy atom. The summed E-state index contributed by atoms with van der Waals surface area (Å²) < 4.78 is 0. The molecule has 0 aliphatic rings. The maximum Gasteiger partial charge on any atom is 0.220 e. The van der Waals surface area contributed by atoms with Gasteiger partial charge < -0.3 is 5.32 Å². The zero-order valence-corrected chi connectivity index (χ0v) is 9.29. The lowest BCUT2D eigenvalue weighted by molar-refractivity contribution is -0.121. The van der Waals surface area contributed by atoms with Crippen LogP contribution in [-0.2, 0) is 11.3 Å². The van der Waals surface area contributed by atoms with Gasteiger partial charge in [0.15, 0.2) is 0 Å². The molecular weight excluding hydrogens is 190 g/mol. The summed E-state index contributed by atoms with van der Waals surface area (Å²) in [6.07, 6.45) is 2.57. The molecule has 15 heavy (non-hydrogen) atoms. The Bertz CT molecular complexity index is 308. The summed E-state index contributed by atoms with van der Waals surface area (Å²) in [4.78, 5) is 11.3. The number of carbonyl (C=O) groups excluding carboxylic acids is 1. The highest BCUT2D eigenvalue weighted by Gasteiger charge is 2.01.